The molecule has 0 N–H and O–H groups in total. The second kappa shape index (κ2) is 5.03. The van der Waals surface area contributed by atoms with Gasteiger partial charge in [-0.05, 0) is 51.4 Å². The van der Waals surface area contributed by atoms with Crippen molar-refractivity contribution >= 4 is 22.0 Å². The molecule has 18 heavy (non-hydrogen) atoms. The zero-order valence-corrected chi connectivity index (χ0v) is 13.3. The molecule has 2 rings (SSSR count). The minimum Gasteiger partial charge on any atom is -0.444 e. The highest BCUT2D eigenvalue weighted by Gasteiger charge is 2.47. The summed E-state index contributed by atoms with van der Waals surface area (Å²) in [6.45, 7) is 7.47. The Balaban J connectivity index is 1.95. The van der Waals surface area contributed by atoms with Gasteiger partial charge in [0, 0.05) is 18.4 Å². The van der Waals surface area contributed by atoms with Gasteiger partial charge in [0.15, 0.2) is 0 Å². The lowest BCUT2D eigenvalue weighted by atomic mass is 9.58. The van der Waals surface area contributed by atoms with Crippen molar-refractivity contribution in [2.24, 2.45) is 11.3 Å². The number of amides is 1. The van der Waals surface area contributed by atoms with Gasteiger partial charge in [-0.2, -0.15) is 0 Å². The number of carbonyl (C=O) groups is 1. The molecule has 1 saturated heterocycles. The Labute approximate surface area is 118 Å². The SMILES string of the molecule is CC(C)(C)OC(=O)N1CCC2(CCC2)C(CBr)C1. The van der Waals surface area contributed by atoms with Gasteiger partial charge in [0.1, 0.15) is 5.60 Å². The number of hydrogen-bond donors (Lipinski definition) is 0. The third kappa shape index (κ3) is 2.84. The number of alkyl halides is 1. The van der Waals surface area contributed by atoms with E-state index < -0.39 is 5.60 Å². The number of carbonyl (C=O) groups excluding carboxylic acids is 1. The lowest BCUT2D eigenvalue weighted by Crippen LogP contribution is -2.53. The van der Waals surface area contributed by atoms with E-state index in [0.717, 1.165) is 24.8 Å². The monoisotopic (exact) mass is 317 g/mol. The van der Waals surface area contributed by atoms with Gasteiger partial charge in [-0.15, -0.1) is 0 Å². The maximum atomic E-state index is 12.1. The topological polar surface area (TPSA) is 29.5 Å². The molecule has 0 radical (unpaired) electrons. The molecule has 0 aromatic rings. The van der Waals surface area contributed by atoms with Crippen LogP contribution in [-0.2, 0) is 4.74 Å². The fraction of sp³-hybridized carbons (Fsp3) is 0.929. The predicted octanol–water partition coefficient (Wildman–Crippen LogP) is 3.81. The zero-order valence-electron chi connectivity index (χ0n) is 11.7. The van der Waals surface area contributed by atoms with Gasteiger partial charge in [0.25, 0.3) is 0 Å². The third-order valence-corrected chi connectivity index (χ3v) is 5.16. The maximum absolute atomic E-state index is 12.1. The van der Waals surface area contributed by atoms with Gasteiger partial charge < -0.3 is 9.64 Å². The van der Waals surface area contributed by atoms with Crippen LogP contribution in [0.2, 0.25) is 0 Å². The Morgan fingerprint density at radius 1 is 1.39 bits per heavy atom. The predicted molar refractivity (Wildman–Crippen MR) is 76.0 cm³/mol. The van der Waals surface area contributed by atoms with Crippen molar-refractivity contribution in [3.05, 3.63) is 0 Å². The summed E-state index contributed by atoms with van der Waals surface area (Å²) >= 11 is 3.62. The van der Waals surface area contributed by atoms with E-state index in [1.54, 1.807) is 0 Å². The van der Waals surface area contributed by atoms with Crippen LogP contribution in [0, 0.1) is 11.3 Å². The fourth-order valence-electron chi connectivity index (χ4n) is 3.11. The van der Waals surface area contributed by atoms with E-state index in [2.05, 4.69) is 15.9 Å². The molecule has 2 aliphatic rings. The molecule has 0 aromatic heterocycles. The van der Waals surface area contributed by atoms with Crippen molar-refractivity contribution < 1.29 is 9.53 Å². The van der Waals surface area contributed by atoms with Crippen molar-refractivity contribution in [2.75, 3.05) is 18.4 Å². The van der Waals surface area contributed by atoms with Gasteiger partial charge in [-0.25, -0.2) is 4.79 Å². The molecule has 1 spiro atoms. The van der Waals surface area contributed by atoms with Gasteiger partial charge >= 0.3 is 6.09 Å². The molecule has 1 aliphatic carbocycles. The van der Waals surface area contributed by atoms with E-state index in [1.165, 1.54) is 19.3 Å². The van der Waals surface area contributed by atoms with Gasteiger partial charge in [-0.1, -0.05) is 22.4 Å². The van der Waals surface area contributed by atoms with Crippen molar-refractivity contribution in [2.45, 2.75) is 52.1 Å². The number of likely N-dealkylation sites (tertiary alicyclic amines) is 1. The standard InChI is InChI=1S/C14H24BrNO2/c1-13(2,3)18-12(17)16-8-7-14(5-4-6-14)11(9-15)10-16/h11H,4-10H2,1-3H3. The molecule has 0 aromatic carbocycles. The van der Waals surface area contributed by atoms with E-state index in [4.69, 9.17) is 4.74 Å². The first-order chi connectivity index (χ1) is 8.36. The fourth-order valence-corrected chi connectivity index (χ4v) is 4.00. The Kier molecular flexibility index (Phi) is 3.96. The van der Waals surface area contributed by atoms with E-state index in [0.29, 0.717) is 11.3 Å². The first kappa shape index (κ1) is 14.2. The summed E-state index contributed by atoms with van der Waals surface area (Å²) in [6, 6.07) is 0. The first-order valence-electron chi connectivity index (χ1n) is 6.90. The Morgan fingerprint density at radius 2 is 2.06 bits per heavy atom. The molecule has 4 heteroatoms. The highest BCUT2D eigenvalue weighted by molar-refractivity contribution is 9.09. The van der Waals surface area contributed by atoms with Crippen LogP contribution in [0.4, 0.5) is 4.79 Å². The van der Waals surface area contributed by atoms with Gasteiger partial charge in [-0.3, -0.25) is 0 Å². The van der Waals surface area contributed by atoms with E-state index in [-0.39, 0.29) is 6.09 Å². The van der Waals surface area contributed by atoms with Crippen LogP contribution >= 0.6 is 15.9 Å². The van der Waals surface area contributed by atoms with Crippen LogP contribution in [-0.4, -0.2) is 35.0 Å². The molecule has 104 valence electrons. The van der Waals surface area contributed by atoms with Crippen LogP contribution in [0.1, 0.15) is 46.5 Å². The first-order valence-corrected chi connectivity index (χ1v) is 8.02. The third-order valence-electron chi connectivity index (χ3n) is 4.37. The van der Waals surface area contributed by atoms with Crippen molar-refractivity contribution in [1.29, 1.82) is 0 Å². The Bertz CT molecular complexity index is 320. The van der Waals surface area contributed by atoms with E-state index in [1.807, 2.05) is 25.7 Å². The van der Waals surface area contributed by atoms with Gasteiger partial charge in [0.2, 0.25) is 0 Å². The minimum atomic E-state index is -0.396. The highest BCUT2D eigenvalue weighted by atomic mass is 79.9. The average Bonchev–Trinajstić information content (AvgIpc) is 2.23. The maximum Gasteiger partial charge on any atom is 0.410 e. The molecular formula is C14H24BrNO2. The van der Waals surface area contributed by atoms with Crippen LogP contribution in [0.5, 0.6) is 0 Å². The lowest BCUT2D eigenvalue weighted by molar-refractivity contribution is -0.0334. The molecule has 1 atom stereocenters. The number of hydrogen-bond acceptors (Lipinski definition) is 2. The molecule has 1 saturated carbocycles. The molecule has 1 amide bonds. The largest absolute Gasteiger partial charge is 0.444 e. The summed E-state index contributed by atoms with van der Waals surface area (Å²) in [5.41, 5.74) is 0.120. The van der Waals surface area contributed by atoms with Gasteiger partial charge in [0.05, 0.1) is 0 Å². The van der Waals surface area contributed by atoms with Crippen LogP contribution in [0.3, 0.4) is 0 Å². The Morgan fingerprint density at radius 3 is 2.50 bits per heavy atom. The molecular weight excluding hydrogens is 294 g/mol. The van der Waals surface area contributed by atoms with Crippen LogP contribution in [0.25, 0.3) is 0 Å². The number of ether oxygens (including phenoxy) is 1. The molecule has 2 fully saturated rings. The summed E-state index contributed by atoms with van der Waals surface area (Å²) in [5, 5.41) is 0.992. The summed E-state index contributed by atoms with van der Waals surface area (Å²) in [6.07, 6.45) is 5.03. The quantitative estimate of drug-likeness (QED) is 0.688. The van der Waals surface area contributed by atoms with Crippen molar-refractivity contribution in [3.8, 4) is 0 Å². The van der Waals surface area contributed by atoms with E-state index in [9.17, 15) is 4.79 Å². The zero-order chi connectivity index (χ0) is 13.4. The number of piperidine rings is 1. The summed E-state index contributed by atoms with van der Waals surface area (Å²) in [7, 11) is 0. The number of halogens is 1. The summed E-state index contributed by atoms with van der Waals surface area (Å²) in [4.78, 5) is 14.0. The molecule has 3 nitrogen and oxygen atoms in total. The summed E-state index contributed by atoms with van der Waals surface area (Å²) in [5.74, 6) is 0.590. The minimum absolute atomic E-state index is 0.150. The lowest BCUT2D eigenvalue weighted by Gasteiger charge is -2.53. The van der Waals surface area contributed by atoms with Crippen molar-refractivity contribution in [3.63, 3.8) is 0 Å². The average molecular weight is 318 g/mol. The normalized spacial score (nSPS) is 26.9. The second-order valence-electron chi connectivity index (χ2n) is 6.74. The van der Waals surface area contributed by atoms with Crippen molar-refractivity contribution in [1.82, 2.24) is 4.90 Å². The number of rotatable bonds is 1. The smallest absolute Gasteiger partial charge is 0.410 e. The van der Waals surface area contributed by atoms with Crippen LogP contribution < -0.4 is 0 Å². The Hall–Kier alpha value is -0.250. The van der Waals surface area contributed by atoms with Crippen LogP contribution in [0.15, 0.2) is 0 Å². The van der Waals surface area contributed by atoms with E-state index >= 15 is 0 Å². The number of nitrogens with zero attached hydrogens (tertiary/aromatic N) is 1. The molecule has 1 heterocycles. The summed E-state index contributed by atoms with van der Waals surface area (Å²) < 4.78 is 5.46. The second-order valence-corrected chi connectivity index (χ2v) is 7.39. The highest BCUT2D eigenvalue weighted by Crippen LogP contribution is 2.52. The molecule has 1 unspecified atom stereocenters. The molecule has 1 aliphatic heterocycles. The molecule has 0 bridgehead atoms.